The number of hydrogen-bond acceptors (Lipinski definition) is 3. The largest absolute Gasteiger partial charge is 0.507 e. The Labute approximate surface area is 102 Å². The molecular weight excluding hydrogens is 230 g/mol. The van der Waals surface area contributed by atoms with Gasteiger partial charge in [-0.2, -0.15) is 0 Å². The molecule has 0 saturated heterocycles. The Morgan fingerprint density at radius 3 is 2.39 bits per heavy atom. The number of phenolic OH excluding ortho intramolecular Hbond substituents is 1. The fourth-order valence-electron chi connectivity index (χ4n) is 2.18. The van der Waals surface area contributed by atoms with Crippen molar-refractivity contribution in [2.75, 3.05) is 0 Å². The molecular formula is C14H9NO3. The molecule has 0 aliphatic rings. The topological polar surface area (TPSA) is 63.4 Å². The smallest absolute Gasteiger partial charge is 0.270 e. The van der Waals surface area contributed by atoms with E-state index >= 15 is 0 Å². The van der Waals surface area contributed by atoms with Crippen LogP contribution in [0.4, 0.5) is 5.69 Å². The van der Waals surface area contributed by atoms with Gasteiger partial charge in [-0.15, -0.1) is 0 Å². The lowest BCUT2D eigenvalue weighted by Crippen LogP contribution is -1.88. The van der Waals surface area contributed by atoms with Crippen LogP contribution in [-0.4, -0.2) is 10.0 Å². The van der Waals surface area contributed by atoms with Crippen LogP contribution in [0.15, 0.2) is 48.5 Å². The normalized spacial score (nSPS) is 10.9. The number of non-ortho nitro benzene ring substituents is 1. The molecule has 0 saturated carbocycles. The van der Waals surface area contributed by atoms with Crippen molar-refractivity contribution in [3.05, 3.63) is 58.6 Å². The lowest BCUT2D eigenvalue weighted by molar-refractivity contribution is -0.384. The van der Waals surface area contributed by atoms with Gasteiger partial charge in [-0.1, -0.05) is 24.3 Å². The number of phenols is 1. The van der Waals surface area contributed by atoms with E-state index in [1.807, 2.05) is 18.2 Å². The van der Waals surface area contributed by atoms with E-state index < -0.39 is 4.92 Å². The average Bonchev–Trinajstić information content (AvgIpc) is 2.38. The average molecular weight is 239 g/mol. The van der Waals surface area contributed by atoms with E-state index in [0.717, 1.165) is 16.2 Å². The molecule has 0 bridgehead atoms. The van der Waals surface area contributed by atoms with E-state index in [4.69, 9.17) is 0 Å². The van der Waals surface area contributed by atoms with Crippen molar-refractivity contribution in [2.45, 2.75) is 0 Å². The van der Waals surface area contributed by atoms with Crippen LogP contribution in [0, 0.1) is 10.1 Å². The van der Waals surface area contributed by atoms with Crippen LogP contribution in [0.1, 0.15) is 0 Å². The van der Waals surface area contributed by atoms with E-state index in [2.05, 4.69) is 0 Å². The van der Waals surface area contributed by atoms with Crippen LogP contribution in [0.5, 0.6) is 5.75 Å². The van der Waals surface area contributed by atoms with Gasteiger partial charge in [0.1, 0.15) is 5.75 Å². The number of rotatable bonds is 1. The molecule has 0 aromatic heterocycles. The summed E-state index contributed by atoms with van der Waals surface area (Å²) in [5, 5.41) is 23.8. The second kappa shape index (κ2) is 3.70. The summed E-state index contributed by atoms with van der Waals surface area (Å²) < 4.78 is 0. The molecule has 1 N–H and O–H groups in total. The van der Waals surface area contributed by atoms with Gasteiger partial charge in [0.15, 0.2) is 0 Å². The van der Waals surface area contributed by atoms with Crippen LogP contribution in [0.25, 0.3) is 21.5 Å². The standard InChI is InChI=1S/C14H9NO3/c16-14-7-9-5-6-10(15(17)18)8-13(9)11-3-1-2-4-12(11)14/h1-8,16H. The molecule has 18 heavy (non-hydrogen) atoms. The third kappa shape index (κ3) is 1.47. The van der Waals surface area contributed by atoms with Crippen molar-refractivity contribution in [2.24, 2.45) is 0 Å². The maximum Gasteiger partial charge on any atom is 0.270 e. The van der Waals surface area contributed by atoms with Crippen LogP contribution >= 0.6 is 0 Å². The molecule has 0 amide bonds. The third-order valence-corrected chi connectivity index (χ3v) is 3.03. The van der Waals surface area contributed by atoms with Gasteiger partial charge in [0.2, 0.25) is 0 Å². The first kappa shape index (κ1) is 10.5. The van der Waals surface area contributed by atoms with Gasteiger partial charge in [-0.3, -0.25) is 10.1 Å². The van der Waals surface area contributed by atoms with Crippen molar-refractivity contribution >= 4 is 27.2 Å². The van der Waals surface area contributed by atoms with Gasteiger partial charge in [0.05, 0.1) is 4.92 Å². The molecule has 3 aromatic rings. The Morgan fingerprint density at radius 2 is 1.67 bits per heavy atom. The molecule has 4 heteroatoms. The Hall–Kier alpha value is -2.62. The summed E-state index contributed by atoms with van der Waals surface area (Å²) in [5.41, 5.74) is 0.0540. The number of fused-ring (bicyclic) bond motifs is 3. The van der Waals surface area contributed by atoms with E-state index in [9.17, 15) is 15.2 Å². The zero-order chi connectivity index (χ0) is 12.7. The number of hydrogen-bond donors (Lipinski definition) is 1. The zero-order valence-electron chi connectivity index (χ0n) is 9.33. The van der Waals surface area contributed by atoms with Gasteiger partial charge >= 0.3 is 0 Å². The van der Waals surface area contributed by atoms with Crippen molar-refractivity contribution in [3.8, 4) is 5.75 Å². The van der Waals surface area contributed by atoms with Crippen molar-refractivity contribution in [1.29, 1.82) is 0 Å². The minimum atomic E-state index is -0.416. The molecule has 0 spiro atoms. The Kier molecular flexibility index (Phi) is 2.16. The second-order valence-corrected chi connectivity index (χ2v) is 4.10. The molecule has 0 radical (unpaired) electrons. The van der Waals surface area contributed by atoms with E-state index in [-0.39, 0.29) is 11.4 Å². The summed E-state index contributed by atoms with van der Waals surface area (Å²) in [6.45, 7) is 0. The Bertz CT molecular complexity index is 780. The first-order chi connectivity index (χ1) is 8.66. The molecule has 0 atom stereocenters. The summed E-state index contributed by atoms with van der Waals surface area (Å²) >= 11 is 0. The summed E-state index contributed by atoms with van der Waals surface area (Å²) in [4.78, 5) is 10.4. The lowest BCUT2D eigenvalue weighted by Gasteiger charge is -2.06. The summed E-state index contributed by atoms with van der Waals surface area (Å²) in [6.07, 6.45) is 0. The highest BCUT2D eigenvalue weighted by Gasteiger charge is 2.10. The highest BCUT2D eigenvalue weighted by Crippen LogP contribution is 2.34. The van der Waals surface area contributed by atoms with Crippen LogP contribution in [0.3, 0.4) is 0 Å². The Balaban J connectivity index is 2.50. The summed E-state index contributed by atoms with van der Waals surface area (Å²) in [7, 11) is 0. The predicted octanol–water partition coefficient (Wildman–Crippen LogP) is 3.61. The number of aromatic hydroxyl groups is 1. The minimum Gasteiger partial charge on any atom is -0.507 e. The monoisotopic (exact) mass is 239 g/mol. The molecule has 0 aliphatic heterocycles. The number of nitrogens with zero attached hydrogens (tertiary/aromatic N) is 1. The number of benzene rings is 3. The molecule has 0 heterocycles. The Morgan fingerprint density at radius 1 is 0.944 bits per heavy atom. The summed E-state index contributed by atoms with van der Waals surface area (Å²) in [6, 6.07) is 13.6. The second-order valence-electron chi connectivity index (χ2n) is 4.10. The molecule has 3 rings (SSSR count). The lowest BCUT2D eigenvalue weighted by atomic mass is 10.0. The van der Waals surface area contributed by atoms with Gasteiger partial charge < -0.3 is 5.11 Å². The van der Waals surface area contributed by atoms with Crippen molar-refractivity contribution in [3.63, 3.8) is 0 Å². The van der Waals surface area contributed by atoms with Crippen molar-refractivity contribution < 1.29 is 10.0 Å². The number of nitro benzene ring substituents is 1. The van der Waals surface area contributed by atoms with E-state index in [0.29, 0.717) is 5.39 Å². The molecule has 88 valence electrons. The first-order valence-corrected chi connectivity index (χ1v) is 5.46. The minimum absolute atomic E-state index is 0.0540. The molecule has 4 nitrogen and oxygen atoms in total. The zero-order valence-corrected chi connectivity index (χ0v) is 9.33. The van der Waals surface area contributed by atoms with Gasteiger partial charge in [0, 0.05) is 17.5 Å². The van der Waals surface area contributed by atoms with Crippen LogP contribution < -0.4 is 0 Å². The molecule has 0 aliphatic carbocycles. The highest BCUT2D eigenvalue weighted by molar-refractivity contribution is 6.10. The SMILES string of the molecule is O=[N+]([O-])c1ccc2cc(O)c3ccccc3c2c1. The van der Waals surface area contributed by atoms with Gasteiger partial charge in [-0.25, -0.2) is 0 Å². The maximum atomic E-state index is 10.8. The fraction of sp³-hybridized carbons (Fsp3) is 0. The first-order valence-electron chi connectivity index (χ1n) is 5.46. The van der Waals surface area contributed by atoms with Crippen LogP contribution in [0.2, 0.25) is 0 Å². The third-order valence-electron chi connectivity index (χ3n) is 3.03. The fourth-order valence-corrected chi connectivity index (χ4v) is 2.18. The highest BCUT2D eigenvalue weighted by atomic mass is 16.6. The quantitative estimate of drug-likeness (QED) is 0.401. The molecule has 0 fully saturated rings. The summed E-state index contributed by atoms with van der Waals surface area (Å²) in [5.74, 6) is 0.187. The molecule has 0 unspecified atom stereocenters. The van der Waals surface area contributed by atoms with Crippen molar-refractivity contribution in [1.82, 2.24) is 0 Å². The van der Waals surface area contributed by atoms with E-state index in [1.54, 1.807) is 18.2 Å². The number of nitro groups is 1. The van der Waals surface area contributed by atoms with Crippen LogP contribution in [-0.2, 0) is 0 Å². The predicted molar refractivity (Wildman–Crippen MR) is 69.8 cm³/mol. The van der Waals surface area contributed by atoms with E-state index in [1.165, 1.54) is 12.1 Å². The maximum absolute atomic E-state index is 10.8. The van der Waals surface area contributed by atoms with Gasteiger partial charge in [-0.05, 0) is 28.3 Å². The van der Waals surface area contributed by atoms with Gasteiger partial charge in [0.25, 0.3) is 5.69 Å². The molecule has 3 aromatic carbocycles.